The summed E-state index contributed by atoms with van der Waals surface area (Å²) in [5.74, 6) is 0.893. The fourth-order valence-electron chi connectivity index (χ4n) is 0.760. The van der Waals surface area contributed by atoms with Crippen molar-refractivity contribution in [2.45, 2.75) is 0 Å². The fourth-order valence-corrected chi connectivity index (χ4v) is 0.760. The normalized spacial score (nSPS) is 8.75. The van der Waals surface area contributed by atoms with Crippen molar-refractivity contribution in [1.29, 1.82) is 0 Å². The lowest BCUT2D eigenvalue weighted by molar-refractivity contribution is 0.146. The molecule has 0 aromatic heterocycles. The molecule has 0 aliphatic carbocycles. The molecular weight excluding hydrogens is 154 g/mol. The van der Waals surface area contributed by atoms with Crippen molar-refractivity contribution in [3.63, 3.8) is 0 Å². The highest BCUT2D eigenvalue weighted by molar-refractivity contribution is 5.20. The van der Waals surface area contributed by atoms with Crippen molar-refractivity contribution < 1.29 is 9.47 Å². The van der Waals surface area contributed by atoms with Crippen LogP contribution in [0, 0.1) is 0 Å². The monoisotopic (exact) mass is 169 g/mol. The second-order valence-corrected chi connectivity index (χ2v) is 2.15. The van der Waals surface area contributed by atoms with Gasteiger partial charge in [0, 0.05) is 7.11 Å². The van der Waals surface area contributed by atoms with Crippen LogP contribution >= 0.6 is 0 Å². The lowest BCUT2D eigenvalue weighted by Crippen LogP contribution is -2.03. The van der Waals surface area contributed by atoms with Gasteiger partial charge in [-0.25, -0.2) is 0 Å². The van der Waals surface area contributed by atoms with Crippen molar-refractivity contribution in [2.24, 2.45) is 0 Å². The van der Waals surface area contributed by atoms with Crippen LogP contribution in [-0.4, -0.2) is 20.3 Å². The second kappa shape index (κ2) is 6.64. The Morgan fingerprint density at radius 3 is 2.33 bits per heavy atom. The molecule has 12 heavy (non-hydrogen) atoms. The predicted molar refractivity (Wildman–Crippen MR) is 48.8 cm³/mol. The minimum atomic E-state index is 0. The van der Waals surface area contributed by atoms with Gasteiger partial charge in [-0.1, -0.05) is 18.2 Å². The van der Waals surface area contributed by atoms with Crippen LogP contribution in [0.5, 0.6) is 5.75 Å². The highest BCUT2D eigenvalue weighted by Gasteiger charge is 1.88. The number of methoxy groups -OCH3 is 1. The summed E-state index contributed by atoms with van der Waals surface area (Å²) < 4.78 is 10.2. The van der Waals surface area contributed by atoms with Crippen LogP contribution in [0.2, 0.25) is 0 Å². The molecule has 0 atom stereocenters. The molecule has 1 rings (SSSR count). The van der Waals surface area contributed by atoms with Crippen LogP contribution < -0.4 is 10.9 Å². The first-order valence-corrected chi connectivity index (χ1v) is 3.60. The maximum Gasteiger partial charge on any atom is 0.119 e. The third-order valence-electron chi connectivity index (χ3n) is 1.30. The summed E-state index contributed by atoms with van der Waals surface area (Å²) in [7, 11) is 1.66. The summed E-state index contributed by atoms with van der Waals surface area (Å²) in [5.41, 5.74) is 0. The van der Waals surface area contributed by atoms with Crippen LogP contribution in [0.25, 0.3) is 0 Å². The molecule has 0 aliphatic rings. The Balaban J connectivity index is 0.00000121. The van der Waals surface area contributed by atoms with Gasteiger partial charge in [0.15, 0.2) is 0 Å². The highest BCUT2D eigenvalue weighted by Crippen LogP contribution is 2.07. The minimum absolute atomic E-state index is 0. The molecule has 0 unspecified atom stereocenters. The number of benzene rings is 1. The first kappa shape index (κ1) is 10.9. The number of hydrogen-bond donors (Lipinski definition) is 1. The van der Waals surface area contributed by atoms with E-state index in [1.165, 1.54) is 0 Å². The van der Waals surface area contributed by atoms with Gasteiger partial charge in [-0.15, -0.1) is 0 Å². The molecule has 0 saturated carbocycles. The fraction of sp³-hybridized carbons (Fsp3) is 0.333. The molecule has 0 heterocycles. The summed E-state index contributed by atoms with van der Waals surface area (Å²) in [6.07, 6.45) is 0. The Morgan fingerprint density at radius 1 is 1.08 bits per heavy atom. The van der Waals surface area contributed by atoms with E-state index < -0.39 is 0 Å². The van der Waals surface area contributed by atoms with Crippen LogP contribution in [0.3, 0.4) is 0 Å². The summed E-state index contributed by atoms with van der Waals surface area (Å²) in [6, 6.07) is 9.71. The minimum Gasteiger partial charge on any atom is -0.491 e. The Bertz CT molecular complexity index is 189. The second-order valence-electron chi connectivity index (χ2n) is 2.15. The standard InChI is InChI=1S/C9H12O2.H3N/c1-10-7-8-11-9-5-3-2-4-6-9;/h2-6H,7-8H2,1H3;1H3. The molecule has 3 nitrogen and oxygen atoms in total. The summed E-state index contributed by atoms with van der Waals surface area (Å²) >= 11 is 0. The molecule has 0 saturated heterocycles. The average molecular weight is 169 g/mol. The van der Waals surface area contributed by atoms with Crippen LogP contribution in [-0.2, 0) is 4.74 Å². The van der Waals surface area contributed by atoms with Gasteiger partial charge in [0.2, 0.25) is 0 Å². The molecule has 1 aromatic carbocycles. The van der Waals surface area contributed by atoms with Gasteiger partial charge in [-0.2, -0.15) is 0 Å². The van der Waals surface area contributed by atoms with E-state index in [4.69, 9.17) is 9.47 Å². The highest BCUT2D eigenvalue weighted by atomic mass is 16.5. The maximum atomic E-state index is 5.32. The number of para-hydroxylation sites is 1. The van der Waals surface area contributed by atoms with Crippen LogP contribution in [0.15, 0.2) is 30.3 Å². The van der Waals surface area contributed by atoms with Crippen molar-refractivity contribution in [3.05, 3.63) is 30.3 Å². The molecule has 3 heteroatoms. The summed E-state index contributed by atoms with van der Waals surface area (Å²) in [5, 5.41) is 0. The zero-order valence-electron chi connectivity index (χ0n) is 7.32. The van der Waals surface area contributed by atoms with Crippen molar-refractivity contribution in [3.8, 4) is 5.75 Å². The van der Waals surface area contributed by atoms with Crippen LogP contribution in [0.4, 0.5) is 0 Å². The molecule has 0 bridgehead atoms. The largest absolute Gasteiger partial charge is 0.491 e. The Labute approximate surface area is 72.9 Å². The van der Waals surface area contributed by atoms with E-state index in [-0.39, 0.29) is 6.15 Å². The molecule has 68 valence electrons. The SMILES string of the molecule is COCCOc1ccccc1.N. The molecule has 0 amide bonds. The third-order valence-corrected chi connectivity index (χ3v) is 1.30. The maximum absolute atomic E-state index is 5.32. The van der Waals surface area contributed by atoms with Crippen molar-refractivity contribution in [1.82, 2.24) is 6.15 Å². The van der Waals surface area contributed by atoms with Crippen LogP contribution in [0.1, 0.15) is 0 Å². The van der Waals surface area contributed by atoms with E-state index in [0.717, 1.165) is 5.75 Å². The lowest BCUT2D eigenvalue weighted by Gasteiger charge is -2.03. The zero-order chi connectivity index (χ0) is 7.94. The molecule has 1 aromatic rings. The topological polar surface area (TPSA) is 53.5 Å². The quantitative estimate of drug-likeness (QED) is 0.700. The Kier molecular flexibility index (Phi) is 6.05. The van der Waals surface area contributed by atoms with Gasteiger partial charge in [-0.3, -0.25) is 0 Å². The van der Waals surface area contributed by atoms with Gasteiger partial charge >= 0.3 is 0 Å². The number of rotatable bonds is 4. The Morgan fingerprint density at radius 2 is 1.75 bits per heavy atom. The summed E-state index contributed by atoms with van der Waals surface area (Å²) in [6.45, 7) is 1.25. The zero-order valence-corrected chi connectivity index (χ0v) is 7.32. The van der Waals surface area contributed by atoms with E-state index in [2.05, 4.69) is 0 Å². The van der Waals surface area contributed by atoms with Crippen molar-refractivity contribution >= 4 is 0 Å². The first-order valence-electron chi connectivity index (χ1n) is 3.60. The van der Waals surface area contributed by atoms with E-state index in [1.54, 1.807) is 7.11 Å². The van der Waals surface area contributed by atoms with Gasteiger partial charge < -0.3 is 15.6 Å². The molecule has 0 radical (unpaired) electrons. The predicted octanol–water partition coefficient (Wildman–Crippen LogP) is 1.87. The third kappa shape index (κ3) is 3.95. The molecule has 0 aliphatic heterocycles. The molecule has 0 fully saturated rings. The number of ether oxygens (including phenoxy) is 2. The van der Waals surface area contributed by atoms with Crippen molar-refractivity contribution in [2.75, 3.05) is 20.3 Å². The molecule has 3 N–H and O–H groups in total. The molecular formula is C9H15NO2. The lowest BCUT2D eigenvalue weighted by atomic mass is 10.3. The van der Waals surface area contributed by atoms with Gasteiger partial charge in [0.25, 0.3) is 0 Å². The number of hydrogen-bond acceptors (Lipinski definition) is 3. The smallest absolute Gasteiger partial charge is 0.119 e. The van der Waals surface area contributed by atoms with E-state index in [9.17, 15) is 0 Å². The van der Waals surface area contributed by atoms with E-state index in [0.29, 0.717) is 13.2 Å². The van der Waals surface area contributed by atoms with Gasteiger partial charge in [-0.05, 0) is 12.1 Å². The molecule has 0 spiro atoms. The Hall–Kier alpha value is -1.06. The summed E-state index contributed by atoms with van der Waals surface area (Å²) in [4.78, 5) is 0. The first-order chi connectivity index (χ1) is 5.43. The van der Waals surface area contributed by atoms with E-state index >= 15 is 0 Å². The van der Waals surface area contributed by atoms with E-state index in [1.807, 2.05) is 30.3 Å². The van der Waals surface area contributed by atoms with Gasteiger partial charge in [0.05, 0.1) is 6.61 Å². The average Bonchev–Trinajstić information content (AvgIpc) is 2.07. The van der Waals surface area contributed by atoms with Gasteiger partial charge in [0.1, 0.15) is 12.4 Å².